The third kappa shape index (κ3) is 3.70. The van der Waals surface area contributed by atoms with Crippen LogP contribution in [0.2, 0.25) is 0 Å². The van der Waals surface area contributed by atoms with E-state index in [1.165, 1.54) is 34.6 Å². The van der Waals surface area contributed by atoms with Crippen molar-refractivity contribution in [1.82, 2.24) is 14.5 Å². The number of piperazine rings is 1. The maximum absolute atomic E-state index is 13.0. The number of hydrogen-bond acceptors (Lipinski definition) is 7. The van der Waals surface area contributed by atoms with Crippen LogP contribution in [0, 0.1) is 10.1 Å². The van der Waals surface area contributed by atoms with Crippen molar-refractivity contribution < 1.29 is 22.9 Å². The van der Waals surface area contributed by atoms with Crippen molar-refractivity contribution in [2.45, 2.75) is 11.4 Å². The van der Waals surface area contributed by atoms with E-state index in [0.717, 1.165) is 5.56 Å². The molecule has 4 rings (SSSR count). The summed E-state index contributed by atoms with van der Waals surface area (Å²) in [6, 6.07) is 10.3. The maximum Gasteiger partial charge on any atom is 0.269 e. The Morgan fingerprint density at radius 2 is 1.67 bits per heavy atom. The average Bonchev–Trinajstić information content (AvgIpc) is 3.02. The largest absolute Gasteiger partial charge is 0.296 e. The van der Waals surface area contributed by atoms with Crippen molar-refractivity contribution in [1.29, 1.82) is 0 Å². The first kappa shape index (κ1) is 20.1. The lowest BCUT2D eigenvalue weighted by atomic mass is 10.1. The van der Waals surface area contributed by atoms with Gasteiger partial charge in [-0.2, -0.15) is 4.31 Å². The number of nitrogens with one attached hydrogen (secondary N) is 1. The second-order valence-corrected chi connectivity index (χ2v) is 9.04. The van der Waals surface area contributed by atoms with Crippen LogP contribution in [0.25, 0.3) is 0 Å². The van der Waals surface area contributed by atoms with Crippen LogP contribution in [0.3, 0.4) is 0 Å². The number of nitro groups is 1. The number of amides is 2. The van der Waals surface area contributed by atoms with Gasteiger partial charge in [0.05, 0.1) is 20.9 Å². The summed E-state index contributed by atoms with van der Waals surface area (Å²) < 4.78 is 27.3. The number of hydrogen-bond donors (Lipinski definition) is 1. The molecule has 1 fully saturated rings. The Bertz CT molecular complexity index is 1160. The van der Waals surface area contributed by atoms with E-state index in [9.17, 15) is 28.1 Å². The van der Waals surface area contributed by atoms with Crippen LogP contribution < -0.4 is 5.32 Å². The molecule has 0 aromatic heterocycles. The molecule has 2 amide bonds. The fourth-order valence-corrected chi connectivity index (χ4v) is 5.06. The predicted octanol–water partition coefficient (Wildman–Crippen LogP) is 0.985. The van der Waals surface area contributed by atoms with Gasteiger partial charge in [0.15, 0.2) is 0 Å². The van der Waals surface area contributed by atoms with Gasteiger partial charge >= 0.3 is 0 Å². The summed E-state index contributed by atoms with van der Waals surface area (Å²) in [7, 11) is -3.81. The van der Waals surface area contributed by atoms with Crippen LogP contribution in [-0.2, 0) is 16.6 Å². The molecule has 156 valence electrons. The number of nitrogens with zero attached hydrogens (tertiary/aromatic N) is 3. The average molecular weight is 430 g/mol. The Labute approximate surface area is 172 Å². The molecule has 1 N–H and O–H groups in total. The normalized spacial score (nSPS) is 17.6. The summed E-state index contributed by atoms with van der Waals surface area (Å²) in [6.07, 6.45) is 0. The topological polar surface area (TPSA) is 130 Å². The van der Waals surface area contributed by atoms with Crippen molar-refractivity contribution in [3.05, 3.63) is 69.3 Å². The molecule has 0 spiro atoms. The lowest BCUT2D eigenvalue weighted by Crippen LogP contribution is -2.48. The second kappa shape index (κ2) is 7.59. The predicted molar refractivity (Wildman–Crippen MR) is 105 cm³/mol. The van der Waals surface area contributed by atoms with Crippen molar-refractivity contribution >= 4 is 27.5 Å². The van der Waals surface area contributed by atoms with Crippen LogP contribution in [-0.4, -0.2) is 60.5 Å². The smallest absolute Gasteiger partial charge is 0.269 e. The molecule has 1 saturated heterocycles. The van der Waals surface area contributed by atoms with Gasteiger partial charge in [0.25, 0.3) is 17.5 Å². The zero-order chi connectivity index (χ0) is 21.5. The molecule has 2 aromatic rings. The molecule has 0 radical (unpaired) electrons. The Hall–Kier alpha value is -3.15. The van der Waals surface area contributed by atoms with Crippen molar-refractivity contribution in [2.75, 3.05) is 26.2 Å². The van der Waals surface area contributed by atoms with E-state index in [2.05, 4.69) is 5.32 Å². The molecule has 0 bridgehead atoms. The molecule has 0 saturated carbocycles. The number of nitro benzene ring substituents is 1. The van der Waals surface area contributed by atoms with Crippen molar-refractivity contribution in [3.63, 3.8) is 0 Å². The highest BCUT2D eigenvalue weighted by Gasteiger charge is 2.32. The number of carbonyl (C=O) groups excluding carboxylic acids is 2. The van der Waals surface area contributed by atoms with E-state index in [1.54, 1.807) is 12.1 Å². The number of non-ortho nitro benzene ring substituents is 1. The van der Waals surface area contributed by atoms with Crippen LogP contribution in [0.15, 0.2) is 47.4 Å². The fourth-order valence-electron chi connectivity index (χ4n) is 3.61. The Morgan fingerprint density at radius 1 is 0.967 bits per heavy atom. The lowest BCUT2D eigenvalue weighted by molar-refractivity contribution is -0.384. The second-order valence-electron chi connectivity index (χ2n) is 7.10. The molecule has 30 heavy (non-hydrogen) atoms. The van der Waals surface area contributed by atoms with Crippen LogP contribution >= 0.6 is 0 Å². The van der Waals surface area contributed by atoms with Crippen molar-refractivity contribution in [2.24, 2.45) is 0 Å². The molecule has 0 atom stereocenters. The molecule has 2 aliphatic heterocycles. The third-order valence-corrected chi connectivity index (χ3v) is 7.10. The third-order valence-electron chi connectivity index (χ3n) is 5.20. The minimum atomic E-state index is -3.81. The van der Waals surface area contributed by atoms with Crippen LogP contribution in [0.5, 0.6) is 0 Å². The first-order valence-electron chi connectivity index (χ1n) is 9.21. The van der Waals surface area contributed by atoms with Gasteiger partial charge in [-0.1, -0.05) is 12.1 Å². The first-order valence-corrected chi connectivity index (χ1v) is 10.7. The molecule has 2 heterocycles. The summed E-state index contributed by atoms with van der Waals surface area (Å²) in [5.74, 6) is -1.14. The van der Waals surface area contributed by atoms with Gasteiger partial charge in [-0.3, -0.25) is 29.9 Å². The van der Waals surface area contributed by atoms with E-state index < -0.39 is 26.8 Å². The minimum absolute atomic E-state index is 0.0211. The van der Waals surface area contributed by atoms with E-state index in [1.807, 2.05) is 4.90 Å². The molecular weight excluding hydrogens is 412 g/mol. The van der Waals surface area contributed by atoms with Gasteiger partial charge in [-0.25, -0.2) is 8.42 Å². The summed E-state index contributed by atoms with van der Waals surface area (Å²) in [6.45, 7) is 1.91. The van der Waals surface area contributed by atoms with E-state index >= 15 is 0 Å². The maximum atomic E-state index is 13.0. The van der Waals surface area contributed by atoms with Gasteiger partial charge in [-0.15, -0.1) is 0 Å². The Morgan fingerprint density at radius 3 is 2.37 bits per heavy atom. The summed E-state index contributed by atoms with van der Waals surface area (Å²) in [4.78, 5) is 35.9. The standard InChI is InChI=1S/C19H18N4O6S/c24-18-16-5-4-15(11-17(16)19(25)20-18)30(28,29)22-8-6-21(7-9-22)12-13-2-1-3-14(10-13)23(26)27/h1-5,10-11H,6-9,12H2,(H,20,24,25). The molecule has 11 heteroatoms. The SMILES string of the molecule is O=C1NC(=O)c2cc(S(=O)(=O)N3CCN(Cc4cccc([N+](=O)[O-])c4)CC3)ccc21. The van der Waals surface area contributed by atoms with Crippen LogP contribution in [0.4, 0.5) is 5.69 Å². The number of benzene rings is 2. The summed E-state index contributed by atoms with van der Waals surface area (Å²) in [5.41, 5.74) is 1.04. The summed E-state index contributed by atoms with van der Waals surface area (Å²) >= 11 is 0. The molecule has 0 aliphatic carbocycles. The molecule has 2 aromatic carbocycles. The van der Waals surface area contributed by atoms with Gasteiger partial charge in [-0.05, 0) is 23.8 Å². The van der Waals surface area contributed by atoms with Crippen LogP contribution in [0.1, 0.15) is 26.3 Å². The number of imide groups is 1. The van der Waals surface area contributed by atoms with E-state index in [0.29, 0.717) is 19.6 Å². The lowest BCUT2D eigenvalue weighted by Gasteiger charge is -2.34. The highest BCUT2D eigenvalue weighted by atomic mass is 32.2. The number of carbonyl (C=O) groups is 2. The van der Waals surface area contributed by atoms with E-state index in [4.69, 9.17) is 0 Å². The molecular formula is C19H18N4O6S. The van der Waals surface area contributed by atoms with E-state index in [-0.39, 0.29) is 34.8 Å². The minimum Gasteiger partial charge on any atom is -0.296 e. The molecule has 2 aliphatic rings. The summed E-state index contributed by atoms with van der Waals surface area (Å²) in [5, 5.41) is 13.1. The number of sulfonamides is 1. The first-order chi connectivity index (χ1) is 14.3. The Balaban J connectivity index is 1.44. The highest BCUT2D eigenvalue weighted by molar-refractivity contribution is 7.89. The highest BCUT2D eigenvalue weighted by Crippen LogP contribution is 2.24. The quantitative estimate of drug-likeness (QED) is 0.425. The number of fused-ring (bicyclic) bond motifs is 1. The van der Waals surface area contributed by atoms with Gasteiger partial charge in [0.1, 0.15) is 0 Å². The van der Waals surface area contributed by atoms with Gasteiger partial charge in [0, 0.05) is 44.9 Å². The monoisotopic (exact) mass is 430 g/mol. The zero-order valence-corrected chi connectivity index (χ0v) is 16.6. The van der Waals surface area contributed by atoms with Crippen molar-refractivity contribution in [3.8, 4) is 0 Å². The number of rotatable bonds is 5. The molecule has 10 nitrogen and oxygen atoms in total. The van der Waals surface area contributed by atoms with Gasteiger partial charge < -0.3 is 0 Å². The van der Waals surface area contributed by atoms with Gasteiger partial charge in [0.2, 0.25) is 10.0 Å². The fraction of sp³-hybridized carbons (Fsp3) is 0.263. The zero-order valence-electron chi connectivity index (χ0n) is 15.8. The Kier molecular flexibility index (Phi) is 5.10. The molecule has 0 unspecified atom stereocenters.